The van der Waals surface area contributed by atoms with E-state index in [1.807, 2.05) is 36.1 Å². The van der Waals surface area contributed by atoms with Crippen LogP contribution in [0.25, 0.3) is 5.57 Å². The van der Waals surface area contributed by atoms with Gasteiger partial charge in [-0.25, -0.2) is 0 Å². The molecule has 2 aromatic rings. The maximum absolute atomic E-state index is 12.5. The summed E-state index contributed by atoms with van der Waals surface area (Å²) in [7, 11) is 0. The van der Waals surface area contributed by atoms with E-state index in [0.717, 1.165) is 12.0 Å². The lowest BCUT2D eigenvalue weighted by molar-refractivity contribution is -0.130. The second-order valence-corrected chi connectivity index (χ2v) is 7.60. The Morgan fingerprint density at radius 1 is 1.00 bits per heavy atom. The third-order valence-corrected chi connectivity index (χ3v) is 5.60. The molecule has 3 amide bonds. The third-order valence-electron chi connectivity index (χ3n) is 5.60. The molecule has 0 bridgehead atoms. The number of hydrogen-bond acceptors (Lipinski definition) is 3. The molecule has 5 nitrogen and oxygen atoms in total. The average molecular weight is 388 g/mol. The molecule has 0 fully saturated rings. The molecule has 0 saturated carbocycles. The Balaban J connectivity index is 1.30. The SMILES string of the molecule is Cc1ccc2c(c1)C(=O)N(CCCC(=O)N1CC=C(c3ccccc3)CC1)C2=O. The first-order chi connectivity index (χ1) is 14.0. The Morgan fingerprint density at radius 3 is 2.48 bits per heavy atom. The van der Waals surface area contributed by atoms with Crippen LogP contribution >= 0.6 is 0 Å². The van der Waals surface area contributed by atoms with Crippen molar-refractivity contribution in [2.45, 2.75) is 26.2 Å². The normalized spacial score (nSPS) is 16.1. The number of amides is 3. The molecule has 2 aromatic carbocycles. The first-order valence-electron chi connectivity index (χ1n) is 10.0. The fraction of sp³-hybridized carbons (Fsp3) is 0.292. The summed E-state index contributed by atoms with van der Waals surface area (Å²) < 4.78 is 0. The Bertz CT molecular complexity index is 994. The zero-order chi connectivity index (χ0) is 20.4. The topological polar surface area (TPSA) is 57.7 Å². The smallest absolute Gasteiger partial charge is 0.261 e. The molecule has 2 heterocycles. The van der Waals surface area contributed by atoms with Gasteiger partial charge in [0, 0.05) is 26.1 Å². The number of imide groups is 1. The van der Waals surface area contributed by atoms with Gasteiger partial charge in [-0.15, -0.1) is 0 Å². The van der Waals surface area contributed by atoms with Crippen LogP contribution in [0.3, 0.4) is 0 Å². The number of aryl methyl sites for hydroxylation is 1. The quantitative estimate of drug-likeness (QED) is 0.734. The van der Waals surface area contributed by atoms with E-state index in [2.05, 4.69) is 18.2 Å². The highest BCUT2D eigenvalue weighted by Gasteiger charge is 2.35. The van der Waals surface area contributed by atoms with Crippen molar-refractivity contribution >= 4 is 23.3 Å². The van der Waals surface area contributed by atoms with Gasteiger partial charge in [0.25, 0.3) is 11.8 Å². The lowest BCUT2D eigenvalue weighted by Crippen LogP contribution is -2.36. The summed E-state index contributed by atoms with van der Waals surface area (Å²) >= 11 is 0. The minimum atomic E-state index is -0.258. The summed E-state index contributed by atoms with van der Waals surface area (Å²) in [6.07, 6.45) is 3.77. The van der Waals surface area contributed by atoms with Crippen LogP contribution in [0.2, 0.25) is 0 Å². The van der Waals surface area contributed by atoms with Crippen molar-refractivity contribution in [2.75, 3.05) is 19.6 Å². The van der Waals surface area contributed by atoms with Crippen molar-refractivity contribution in [1.82, 2.24) is 9.80 Å². The minimum Gasteiger partial charge on any atom is -0.339 e. The number of rotatable bonds is 5. The number of carbonyl (C=O) groups is 3. The van der Waals surface area contributed by atoms with E-state index in [0.29, 0.717) is 37.1 Å². The highest BCUT2D eigenvalue weighted by atomic mass is 16.2. The first kappa shape index (κ1) is 19.1. The molecule has 4 rings (SSSR count). The number of carbonyl (C=O) groups excluding carboxylic acids is 3. The summed E-state index contributed by atoms with van der Waals surface area (Å²) in [4.78, 5) is 40.6. The molecular formula is C24H24N2O3. The summed E-state index contributed by atoms with van der Waals surface area (Å²) in [5, 5.41) is 0. The number of benzene rings is 2. The minimum absolute atomic E-state index is 0.0702. The number of hydrogen-bond donors (Lipinski definition) is 0. The van der Waals surface area contributed by atoms with Crippen molar-refractivity contribution in [2.24, 2.45) is 0 Å². The van der Waals surface area contributed by atoms with E-state index in [1.54, 1.807) is 12.1 Å². The lowest BCUT2D eigenvalue weighted by Gasteiger charge is -2.27. The van der Waals surface area contributed by atoms with E-state index in [9.17, 15) is 14.4 Å². The molecule has 5 heteroatoms. The average Bonchev–Trinajstić information content (AvgIpc) is 2.98. The maximum atomic E-state index is 12.5. The van der Waals surface area contributed by atoms with E-state index in [1.165, 1.54) is 16.0 Å². The molecular weight excluding hydrogens is 364 g/mol. The monoisotopic (exact) mass is 388 g/mol. The molecule has 0 atom stereocenters. The largest absolute Gasteiger partial charge is 0.339 e. The maximum Gasteiger partial charge on any atom is 0.261 e. The van der Waals surface area contributed by atoms with Crippen LogP contribution in [0.5, 0.6) is 0 Å². The zero-order valence-electron chi connectivity index (χ0n) is 16.6. The van der Waals surface area contributed by atoms with Gasteiger partial charge in [0.05, 0.1) is 11.1 Å². The Hall–Kier alpha value is -3.21. The van der Waals surface area contributed by atoms with Gasteiger partial charge in [-0.05, 0) is 43.0 Å². The summed E-state index contributed by atoms with van der Waals surface area (Å²) in [5.41, 5.74) is 4.36. The molecule has 0 saturated heterocycles. The Morgan fingerprint density at radius 2 is 1.76 bits per heavy atom. The molecule has 0 N–H and O–H groups in total. The van der Waals surface area contributed by atoms with Crippen molar-refractivity contribution in [3.8, 4) is 0 Å². The van der Waals surface area contributed by atoms with Gasteiger partial charge < -0.3 is 4.90 Å². The molecule has 2 aliphatic rings. The highest BCUT2D eigenvalue weighted by Crippen LogP contribution is 2.25. The van der Waals surface area contributed by atoms with E-state index in [4.69, 9.17) is 0 Å². The molecule has 0 aromatic heterocycles. The molecule has 0 radical (unpaired) electrons. The van der Waals surface area contributed by atoms with E-state index >= 15 is 0 Å². The van der Waals surface area contributed by atoms with Crippen LogP contribution in [0.1, 0.15) is 51.1 Å². The van der Waals surface area contributed by atoms with Crippen LogP contribution < -0.4 is 0 Å². The molecule has 29 heavy (non-hydrogen) atoms. The van der Waals surface area contributed by atoms with Crippen molar-refractivity contribution in [3.05, 3.63) is 76.9 Å². The van der Waals surface area contributed by atoms with Gasteiger partial charge in [-0.1, -0.05) is 48.0 Å². The van der Waals surface area contributed by atoms with Crippen LogP contribution in [-0.2, 0) is 4.79 Å². The van der Waals surface area contributed by atoms with Crippen LogP contribution in [-0.4, -0.2) is 47.2 Å². The van der Waals surface area contributed by atoms with Crippen molar-refractivity contribution < 1.29 is 14.4 Å². The zero-order valence-corrected chi connectivity index (χ0v) is 16.6. The van der Waals surface area contributed by atoms with Crippen LogP contribution in [0.4, 0.5) is 0 Å². The standard InChI is InChI=1S/C24H24N2O3/c1-17-9-10-20-21(16-17)24(29)26(23(20)28)13-5-8-22(27)25-14-11-19(12-15-25)18-6-3-2-4-7-18/h2-4,6-7,9-11,16H,5,8,12-15H2,1H3. The summed E-state index contributed by atoms with van der Waals surface area (Å²) in [6.45, 7) is 3.48. The van der Waals surface area contributed by atoms with Gasteiger partial charge in [-0.3, -0.25) is 19.3 Å². The number of nitrogens with zero attached hydrogens (tertiary/aromatic N) is 2. The van der Waals surface area contributed by atoms with Crippen LogP contribution in [0, 0.1) is 6.92 Å². The molecule has 0 unspecified atom stereocenters. The molecule has 0 aliphatic carbocycles. The summed E-state index contributed by atoms with van der Waals surface area (Å²) in [6, 6.07) is 15.5. The fourth-order valence-electron chi connectivity index (χ4n) is 3.96. The van der Waals surface area contributed by atoms with Gasteiger partial charge in [-0.2, -0.15) is 0 Å². The van der Waals surface area contributed by atoms with E-state index < -0.39 is 0 Å². The highest BCUT2D eigenvalue weighted by molar-refractivity contribution is 6.21. The Labute approximate surface area is 170 Å². The van der Waals surface area contributed by atoms with E-state index in [-0.39, 0.29) is 24.3 Å². The second kappa shape index (κ2) is 8.03. The first-order valence-corrected chi connectivity index (χ1v) is 10.0. The van der Waals surface area contributed by atoms with Gasteiger partial charge in [0.1, 0.15) is 0 Å². The summed E-state index contributed by atoms with van der Waals surface area (Å²) in [5.74, 6) is -0.443. The lowest BCUT2D eigenvalue weighted by atomic mass is 9.99. The van der Waals surface area contributed by atoms with Gasteiger partial charge >= 0.3 is 0 Å². The fourth-order valence-corrected chi connectivity index (χ4v) is 3.96. The Kier molecular flexibility index (Phi) is 5.30. The molecule has 148 valence electrons. The second-order valence-electron chi connectivity index (χ2n) is 7.60. The molecule has 2 aliphatic heterocycles. The predicted octanol–water partition coefficient (Wildman–Crippen LogP) is 3.69. The number of fused-ring (bicyclic) bond motifs is 1. The molecule has 0 spiro atoms. The van der Waals surface area contributed by atoms with Gasteiger partial charge in [0.15, 0.2) is 0 Å². The van der Waals surface area contributed by atoms with Gasteiger partial charge in [0.2, 0.25) is 5.91 Å². The third kappa shape index (κ3) is 3.86. The van der Waals surface area contributed by atoms with Crippen LogP contribution in [0.15, 0.2) is 54.6 Å². The van der Waals surface area contributed by atoms with Crippen molar-refractivity contribution in [3.63, 3.8) is 0 Å². The van der Waals surface area contributed by atoms with Crippen molar-refractivity contribution in [1.29, 1.82) is 0 Å². The predicted molar refractivity (Wildman–Crippen MR) is 111 cm³/mol.